The quantitative estimate of drug-likeness (QED) is 0.843. The van der Waals surface area contributed by atoms with Gasteiger partial charge in [-0.15, -0.1) is 0 Å². The number of aromatic carboxylic acids is 1. The number of anilines is 1. The van der Waals surface area contributed by atoms with E-state index in [9.17, 15) is 19.1 Å². The van der Waals surface area contributed by atoms with Gasteiger partial charge in [0.1, 0.15) is 11.4 Å². The highest BCUT2D eigenvalue weighted by Crippen LogP contribution is 2.38. The van der Waals surface area contributed by atoms with E-state index >= 15 is 0 Å². The van der Waals surface area contributed by atoms with Crippen molar-refractivity contribution in [1.29, 1.82) is 0 Å². The fourth-order valence-electron chi connectivity index (χ4n) is 3.99. The van der Waals surface area contributed by atoms with Crippen molar-refractivity contribution in [1.82, 2.24) is 9.88 Å². The van der Waals surface area contributed by atoms with E-state index in [1.165, 1.54) is 12.3 Å². The molecule has 144 valence electrons. The Labute approximate surface area is 156 Å². The SMILES string of the molecule is CC(C)N[C@H]1CCN(c2cc3c(cc2F)c(=O)c(C(=O)O)cn3C2CC2)C1. The normalized spacial score (nSPS) is 20.0. The number of nitrogens with one attached hydrogen (secondary N) is 1. The fraction of sp³-hybridized carbons (Fsp3) is 0.500. The number of hydrogen-bond donors (Lipinski definition) is 2. The lowest BCUT2D eigenvalue weighted by Gasteiger charge is -2.22. The molecule has 0 spiro atoms. The smallest absolute Gasteiger partial charge is 0.341 e. The van der Waals surface area contributed by atoms with Crippen LogP contribution in [0.2, 0.25) is 0 Å². The molecule has 2 heterocycles. The van der Waals surface area contributed by atoms with Crippen LogP contribution in [0.5, 0.6) is 0 Å². The van der Waals surface area contributed by atoms with Gasteiger partial charge < -0.3 is 19.9 Å². The van der Waals surface area contributed by atoms with Crippen LogP contribution in [0.25, 0.3) is 10.9 Å². The predicted molar refractivity (Wildman–Crippen MR) is 102 cm³/mol. The molecular formula is C20H24FN3O3. The van der Waals surface area contributed by atoms with Crippen molar-refractivity contribution in [2.24, 2.45) is 0 Å². The third-order valence-corrected chi connectivity index (χ3v) is 5.37. The van der Waals surface area contributed by atoms with Crippen molar-refractivity contribution >= 4 is 22.6 Å². The first-order valence-electron chi connectivity index (χ1n) is 9.48. The van der Waals surface area contributed by atoms with E-state index < -0.39 is 17.2 Å². The van der Waals surface area contributed by atoms with Gasteiger partial charge in [-0.3, -0.25) is 4.79 Å². The van der Waals surface area contributed by atoms with Crippen LogP contribution in [0.4, 0.5) is 10.1 Å². The number of nitrogens with zero attached hydrogens (tertiary/aromatic N) is 2. The van der Waals surface area contributed by atoms with Crippen molar-refractivity contribution < 1.29 is 14.3 Å². The molecule has 1 saturated carbocycles. The van der Waals surface area contributed by atoms with Crippen molar-refractivity contribution in [3.63, 3.8) is 0 Å². The van der Waals surface area contributed by atoms with E-state index in [2.05, 4.69) is 19.2 Å². The first-order valence-corrected chi connectivity index (χ1v) is 9.48. The number of carboxylic acid groups (broad SMARTS) is 1. The van der Waals surface area contributed by atoms with E-state index in [4.69, 9.17) is 0 Å². The molecule has 2 aliphatic rings. The average molecular weight is 373 g/mol. The number of carboxylic acids is 1. The molecule has 1 aliphatic carbocycles. The Morgan fingerprint density at radius 2 is 2.04 bits per heavy atom. The van der Waals surface area contributed by atoms with Crippen LogP contribution < -0.4 is 15.6 Å². The number of carbonyl (C=O) groups is 1. The number of halogens is 1. The van der Waals surface area contributed by atoms with Crippen LogP contribution in [-0.4, -0.2) is 40.8 Å². The summed E-state index contributed by atoms with van der Waals surface area (Å²) in [7, 11) is 0. The van der Waals surface area contributed by atoms with Gasteiger partial charge in [0, 0.05) is 42.8 Å². The number of benzene rings is 1. The van der Waals surface area contributed by atoms with Gasteiger partial charge in [-0.2, -0.15) is 0 Å². The first kappa shape index (κ1) is 18.0. The van der Waals surface area contributed by atoms with Gasteiger partial charge in [0.2, 0.25) is 5.43 Å². The second-order valence-corrected chi connectivity index (χ2v) is 7.89. The predicted octanol–water partition coefficient (Wildman–Crippen LogP) is 2.75. The molecule has 2 aromatic rings. The molecule has 1 aliphatic heterocycles. The van der Waals surface area contributed by atoms with Crippen molar-refractivity contribution in [2.75, 3.05) is 18.0 Å². The second kappa shape index (κ2) is 6.64. The Bertz CT molecular complexity index is 965. The van der Waals surface area contributed by atoms with Crippen molar-refractivity contribution in [3.8, 4) is 0 Å². The maximum absolute atomic E-state index is 14.9. The molecule has 0 radical (unpaired) electrons. The summed E-state index contributed by atoms with van der Waals surface area (Å²) < 4.78 is 16.7. The number of rotatable bonds is 5. The molecule has 4 rings (SSSR count). The summed E-state index contributed by atoms with van der Waals surface area (Å²) in [6.07, 6.45) is 4.23. The molecule has 0 amide bonds. The average Bonchev–Trinajstić information content (AvgIpc) is 3.34. The van der Waals surface area contributed by atoms with Crippen LogP contribution in [0.1, 0.15) is 49.5 Å². The van der Waals surface area contributed by atoms with Crippen LogP contribution in [0, 0.1) is 5.82 Å². The molecular weight excluding hydrogens is 349 g/mol. The molecule has 7 heteroatoms. The highest BCUT2D eigenvalue weighted by atomic mass is 19.1. The van der Waals surface area contributed by atoms with Gasteiger partial charge >= 0.3 is 5.97 Å². The van der Waals surface area contributed by atoms with Crippen molar-refractivity contribution in [2.45, 2.75) is 51.2 Å². The van der Waals surface area contributed by atoms with Crippen LogP contribution >= 0.6 is 0 Å². The minimum Gasteiger partial charge on any atom is -0.477 e. The fourth-order valence-corrected chi connectivity index (χ4v) is 3.99. The van der Waals surface area contributed by atoms with E-state index in [1.807, 2.05) is 9.47 Å². The third kappa shape index (κ3) is 3.32. The van der Waals surface area contributed by atoms with Gasteiger partial charge in [-0.25, -0.2) is 9.18 Å². The third-order valence-electron chi connectivity index (χ3n) is 5.37. The summed E-state index contributed by atoms with van der Waals surface area (Å²) in [5.74, 6) is -1.75. The molecule has 2 fully saturated rings. The topological polar surface area (TPSA) is 74.6 Å². The van der Waals surface area contributed by atoms with E-state index in [0.29, 0.717) is 29.8 Å². The zero-order valence-electron chi connectivity index (χ0n) is 15.5. The summed E-state index contributed by atoms with van der Waals surface area (Å²) in [6, 6.07) is 3.78. The first-order chi connectivity index (χ1) is 12.8. The Hall–Kier alpha value is -2.41. The molecule has 27 heavy (non-hydrogen) atoms. The van der Waals surface area contributed by atoms with Crippen molar-refractivity contribution in [3.05, 3.63) is 39.9 Å². The number of fused-ring (bicyclic) bond motifs is 1. The van der Waals surface area contributed by atoms with E-state index in [0.717, 1.165) is 25.8 Å². The maximum Gasteiger partial charge on any atom is 0.341 e. The highest BCUT2D eigenvalue weighted by molar-refractivity contribution is 5.93. The Morgan fingerprint density at radius 1 is 1.30 bits per heavy atom. The number of pyridine rings is 1. The minimum atomic E-state index is -1.28. The largest absolute Gasteiger partial charge is 0.477 e. The lowest BCUT2D eigenvalue weighted by atomic mass is 10.1. The molecule has 0 unspecified atom stereocenters. The van der Waals surface area contributed by atoms with Crippen LogP contribution in [-0.2, 0) is 0 Å². The molecule has 1 atom stereocenters. The number of aromatic nitrogens is 1. The van der Waals surface area contributed by atoms with E-state index in [-0.39, 0.29) is 17.0 Å². The van der Waals surface area contributed by atoms with Gasteiger partial charge in [0.15, 0.2) is 0 Å². The molecule has 1 saturated heterocycles. The molecule has 0 bridgehead atoms. The Kier molecular flexibility index (Phi) is 4.42. The summed E-state index contributed by atoms with van der Waals surface area (Å²) in [4.78, 5) is 26.0. The van der Waals surface area contributed by atoms with Gasteiger partial charge in [0.05, 0.1) is 11.2 Å². The van der Waals surface area contributed by atoms with Crippen LogP contribution in [0.3, 0.4) is 0 Å². The monoisotopic (exact) mass is 373 g/mol. The van der Waals surface area contributed by atoms with E-state index in [1.54, 1.807) is 6.07 Å². The Balaban J connectivity index is 1.79. The van der Waals surface area contributed by atoms with Gasteiger partial charge in [0.25, 0.3) is 0 Å². The highest BCUT2D eigenvalue weighted by Gasteiger charge is 2.29. The van der Waals surface area contributed by atoms with Gasteiger partial charge in [-0.1, -0.05) is 13.8 Å². The summed E-state index contributed by atoms with van der Waals surface area (Å²) in [5, 5.41) is 12.9. The number of hydrogen-bond acceptors (Lipinski definition) is 4. The standard InChI is InChI=1S/C20H24FN3O3/c1-11(2)22-12-5-6-23(9-12)18-8-17-14(7-16(18)21)19(25)15(20(26)27)10-24(17)13-3-4-13/h7-8,10-13,22H,3-6,9H2,1-2H3,(H,26,27)/t12-/m0/s1. The maximum atomic E-state index is 14.9. The molecule has 1 aromatic heterocycles. The summed E-state index contributed by atoms with van der Waals surface area (Å²) in [6.45, 7) is 5.64. The minimum absolute atomic E-state index is 0.138. The molecule has 1 aromatic carbocycles. The van der Waals surface area contributed by atoms with Gasteiger partial charge in [-0.05, 0) is 31.4 Å². The zero-order chi connectivity index (χ0) is 19.3. The second-order valence-electron chi connectivity index (χ2n) is 7.89. The lowest BCUT2D eigenvalue weighted by Crippen LogP contribution is -2.37. The summed E-state index contributed by atoms with van der Waals surface area (Å²) in [5.41, 5.74) is 0.168. The molecule has 6 nitrogen and oxygen atoms in total. The lowest BCUT2D eigenvalue weighted by molar-refractivity contribution is 0.0695. The Morgan fingerprint density at radius 3 is 2.67 bits per heavy atom. The molecule has 2 N–H and O–H groups in total. The zero-order valence-corrected chi connectivity index (χ0v) is 15.5. The summed E-state index contributed by atoms with van der Waals surface area (Å²) >= 11 is 0. The van der Waals surface area contributed by atoms with Crippen LogP contribution in [0.15, 0.2) is 23.1 Å².